The van der Waals surface area contributed by atoms with E-state index in [9.17, 15) is 9.18 Å². The Morgan fingerprint density at radius 2 is 1.91 bits per heavy atom. The van der Waals surface area contributed by atoms with Gasteiger partial charge in [0.15, 0.2) is 0 Å². The number of rotatable bonds is 8. The Labute approximate surface area is 140 Å². The maximum atomic E-state index is 12.8. The monoisotopic (exact) mass is 333 g/mol. The van der Waals surface area contributed by atoms with Crippen molar-refractivity contribution in [3.8, 4) is 5.75 Å². The van der Waals surface area contributed by atoms with Crippen LogP contribution in [-0.4, -0.2) is 25.3 Å². The number of ether oxygens (including phenoxy) is 1. The molecule has 0 aliphatic rings. The zero-order valence-corrected chi connectivity index (χ0v) is 13.9. The van der Waals surface area contributed by atoms with Crippen LogP contribution in [0.1, 0.15) is 11.1 Å². The third-order valence-electron chi connectivity index (χ3n) is 3.32. The van der Waals surface area contributed by atoms with Crippen LogP contribution in [0.4, 0.5) is 4.39 Å². The number of amides is 1. The molecule has 0 bridgehead atoms. The normalized spacial score (nSPS) is 10.3. The van der Waals surface area contributed by atoms with E-state index in [0.717, 1.165) is 23.3 Å². The predicted molar refractivity (Wildman–Crippen MR) is 92.3 cm³/mol. The third kappa shape index (κ3) is 5.94. The van der Waals surface area contributed by atoms with Crippen LogP contribution in [0.3, 0.4) is 0 Å². The fourth-order valence-corrected chi connectivity index (χ4v) is 2.96. The number of carbonyl (C=O) groups excluding carboxylic acids is 1. The van der Waals surface area contributed by atoms with Gasteiger partial charge in [-0.15, -0.1) is 11.8 Å². The van der Waals surface area contributed by atoms with Crippen molar-refractivity contribution in [1.82, 2.24) is 5.32 Å². The lowest BCUT2D eigenvalue weighted by atomic mass is 10.1. The van der Waals surface area contributed by atoms with Gasteiger partial charge in [0, 0.05) is 12.3 Å². The first kappa shape index (κ1) is 17.3. The summed E-state index contributed by atoms with van der Waals surface area (Å²) in [6, 6.07) is 14.1. The van der Waals surface area contributed by atoms with Crippen molar-refractivity contribution in [2.45, 2.75) is 12.2 Å². The van der Waals surface area contributed by atoms with E-state index in [4.69, 9.17) is 4.74 Å². The van der Waals surface area contributed by atoms with Crippen LogP contribution < -0.4 is 10.1 Å². The Kier molecular flexibility index (Phi) is 6.94. The van der Waals surface area contributed by atoms with Gasteiger partial charge in [0.25, 0.3) is 0 Å². The van der Waals surface area contributed by atoms with Crippen molar-refractivity contribution in [3.05, 3.63) is 65.5 Å². The van der Waals surface area contributed by atoms with Crippen LogP contribution in [0.2, 0.25) is 0 Å². The van der Waals surface area contributed by atoms with E-state index in [1.807, 2.05) is 24.3 Å². The molecular weight excluding hydrogens is 313 g/mol. The SMILES string of the molecule is COc1ccccc1CCNC(=O)CSCc1ccc(F)cc1. The fourth-order valence-electron chi connectivity index (χ4n) is 2.14. The summed E-state index contributed by atoms with van der Waals surface area (Å²) in [5, 5.41) is 2.90. The van der Waals surface area contributed by atoms with E-state index in [0.29, 0.717) is 18.1 Å². The van der Waals surface area contributed by atoms with Crippen molar-refractivity contribution >= 4 is 17.7 Å². The summed E-state index contributed by atoms with van der Waals surface area (Å²) in [6.45, 7) is 0.580. The third-order valence-corrected chi connectivity index (χ3v) is 4.33. The number of methoxy groups -OCH3 is 1. The number of thioether (sulfide) groups is 1. The van der Waals surface area contributed by atoms with Crippen molar-refractivity contribution in [1.29, 1.82) is 0 Å². The van der Waals surface area contributed by atoms with Crippen LogP contribution in [0, 0.1) is 5.82 Å². The number of para-hydroxylation sites is 1. The number of carbonyl (C=O) groups is 1. The summed E-state index contributed by atoms with van der Waals surface area (Å²) < 4.78 is 18.1. The first-order valence-electron chi connectivity index (χ1n) is 7.40. The molecule has 0 heterocycles. The first-order chi connectivity index (χ1) is 11.2. The minimum absolute atomic E-state index is 0.00649. The molecule has 0 fully saturated rings. The summed E-state index contributed by atoms with van der Waals surface area (Å²) in [4.78, 5) is 11.8. The maximum absolute atomic E-state index is 12.8. The summed E-state index contributed by atoms with van der Waals surface area (Å²) in [5.41, 5.74) is 2.09. The van der Waals surface area contributed by atoms with Gasteiger partial charge < -0.3 is 10.1 Å². The Hall–Kier alpha value is -2.01. The quantitative estimate of drug-likeness (QED) is 0.804. The second kappa shape index (κ2) is 9.20. The smallest absolute Gasteiger partial charge is 0.230 e. The van der Waals surface area contributed by atoms with Crippen LogP contribution in [-0.2, 0) is 17.0 Å². The zero-order valence-electron chi connectivity index (χ0n) is 13.0. The lowest BCUT2D eigenvalue weighted by molar-refractivity contribution is -0.118. The molecule has 2 aromatic rings. The molecule has 5 heteroatoms. The van der Waals surface area contributed by atoms with Gasteiger partial charge >= 0.3 is 0 Å². The highest BCUT2D eigenvalue weighted by molar-refractivity contribution is 7.99. The van der Waals surface area contributed by atoms with Crippen molar-refractivity contribution < 1.29 is 13.9 Å². The molecule has 0 aromatic heterocycles. The Morgan fingerprint density at radius 3 is 2.65 bits per heavy atom. The minimum Gasteiger partial charge on any atom is -0.496 e. The average Bonchev–Trinajstić information content (AvgIpc) is 2.57. The average molecular weight is 333 g/mol. The van der Waals surface area contributed by atoms with Crippen LogP contribution >= 0.6 is 11.8 Å². The summed E-state index contributed by atoms with van der Waals surface area (Å²) in [7, 11) is 1.64. The number of hydrogen-bond acceptors (Lipinski definition) is 3. The summed E-state index contributed by atoms with van der Waals surface area (Å²) >= 11 is 1.52. The lowest BCUT2D eigenvalue weighted by Gasteiger charge is -2.09. The lowest BCUT2D eigenvalue weighted by Crippen LogP contribution is -2.27. The topological polar surface area (TPSA) is 38.3 Å². The van der Waals surface area contributed by atoms with Crippen LogP contribution in [0.5, 0.6) is 5.75 Å². The highest BCUT2D eigenvalue weighted by Gasteiger charge is 2.04. The molecule has 0 saturated carbocycles. The molecule has 0 unspecified atom stereocenters. The fraction of sp³-hybridized carbons (Fsp3) is 0.278. The van der Waals surface area contributed by atoms with E-state index in [2.05, 4.69) is 5.32 Å². The number of halogens is 1. The molecule has 2 aromatic carbocycles. The molecular formula is C18H20FNO2S. The van der Waals surface area contributed by atoms with E-state index in [-0.39, 0.29) is 11.7 Å². The van der Waals surface area contributed by atoms with Gasteiger partial charge in [-0.05, 0) is 35.7 Å². The number of benzene rings is 2. The minimum atomic E-state index is -0.243. The van der Waals surface area contributed by atoms with Gasteiger partial charge in [-0.25, -0.2) is 4.39 Å². The molecule has 0 radical (unpaired) electrons. The molecule has 23 heavy (non-hydrogen) atoms. The maximum Gasteiger partial charge on any atom is 0.230 e. The first-order valence-corrected chi connectivity index (χ1v) is 8.55. The van der Waals surface area contributed by atoms with Gasteiger partial charge in [-0.1, -0.05) is 30.3 Å². The van der Waals surface area contributed by atoms with Crippen molar-refractivity contribution in [2.24, 2.45) is 0 Å². The molecule has 0 aliphatic carbocycles. The van der Waals surface area contributed by atoms with Crippen molar-refractivity contribution in [2.75, 3.05) is 19.4 Å². The molecule has 1 amide bonds. The van der Waals surface area contributed by atoms with Gasteiger partial charge in [-0.2, -0.15) is 0 Å². The highest BCUT2D eigenvalue weighted by atomic mass is 32.2. The summed E-state index contributed by atoms with van der Waals surface area (Å²) in [5.74, 6) is 1.69. The Bertz CT molecular complexity index is 631. The second-order valence-electron chi connectivity index (χ2n) is 5.03. The summed E-state index contributed by atoms with van der Waals surface area (Å²) in [6.07, 6.45) is 0.735. The Balaban J connectivity index is 1.66. The molecule has 0 atom stereocenters. The largest absolute Gasteiger partial charge is 0.496 e. The zero-order chi connectivity index (χ0) is 16.5. The van der Waals surface area contributed by atoms with Crippen molar-refractivity contribution in [3.63, 3.8) is 0 Å². The van der Waals surface area contributed by atoms with E-state index in [1.54, 1.807) is 19.2 Å². The number of hydrogen-bond donors (Lipinski definition) is 1. The van der Waals surface area contributed by atoms with Gasteiger partial charge in [0.1, 0.15) is 11.6 Å². The standard InChI is InChI=1S/C18H20FNO2S/c1-22-17-5-3-2-4-15(17)10-11-20-18(21)13-23-12-14-6-8-16(19)9-7-14/h2-9H,10-13H2,1H3,(H,20,21). The predicted octanol–water partition coefficient (Wildman–Crippen LogP) is 3.43. The molecule has 2 rings (SSSR count). The van der Waals surface area contributed by atoms with Gasteiger partial charge in [-0.3, -0.25) is 4.79 Å². The molecule has 1 N–H and O–H groups in total. The second-order valence-corrected chi connectivity index (χ2v) is 6.02. The molecule has 0 saturated heterocycles. The molecule has 0 spiro atoms. The highest BCUT2D eigenvalue weighted by Crippen LogP contribution is 2.17. The molecule has 122 valence electrons. The van der Waals surface area contributed by atoms with Crippen LogP contribution in [0.15, 0.2) is 48.5 Å². The Morgan fingerprint density at radius 1 is 1.17 bits per heavy atom. The van der Waals surface area contributed by atoms with Crippen LogP contribution in [0.25, 0.3) is 0 Å². The van der Waals surface area contributed by atoms with Gasteiger partial charge in [0.2, 0.25) is 5.91 Å². The van der Waals surface area contributed by atoms with Gasteiger partial charge in [0.05, 0.1) is 12.9 Å². The van der Waals surface area contributed by atoms with E-state index < -0.39 is 0 Å². The molecule has 0 aliphatic heterocycles. The van der Waals surface area contributed by atoms with E-state index >= 15 is 0 Å². The number of nitrogens with one attached hydrogen (secondary N) is 1. The molecule has 3 nitrogen and oxygen atoms in total. The van der Waals surface area contributed by atoms with E-state index in [1.165, 1.54) is 23.9 Å².